The Bertz CT molecular complexity index is 857. The molecular weight excluding hydrogens is 528 g/mol. The lowest BCUT2D eigenvalue weighted by molar-refractivity contribution is 0.0339. The topological polar surface area (TPSA) is 32.3 Å². The number of nitrogens with one attached hydrogen (secondary N) is 1. The van der Waals surface area contributed by atoms with Crippen molar-refractivity contribution >= 4 is 37.8 Å². The van der Waals surface area contributed by atoms with Crippen LogP contribution in [0.25, 0.3) is 0 Å². The quantitative estimate of drug-likeness (QED) is 0.330. The van der Waals surface area contributed by atoms with Gasteiger partial charge in [-0.05, 0) is 120 Å². The van der Waals surface area contributed by atoms with Crippen molar-refractivity contribution in [3.8, 4) is 0 Å². The molecular formula is C27H36Br2N2O. The molecule has 1 saturated carbocycles. The van der Waals surface area contributed by atoms with Gasteiger partial charge in [-0.3, -0.25) is 9.69 Å². The van der Waals surface area contributed by atoms with Crippen LogP contribution < -0.4 is 5.32 Å². The maximum Gasteiger partial charge on any atom is 0.251 e. The predicted molar refractivity (Wildman–Crippen MR) is 141 cm³/mol. The zero-order valence-corrected chi connectivity index (χ0v) is 22.6. The third-order valence-corrected chi connectivity index (χ3v) is 8.70. The van der Waals surface area contributed by atoms with E-state index in [4.69, 9.17) is 0 Å². The monoisotopic (exact) mass is 562 g/mol. The molecule has 1 amide bonds. The van der Waals surface area contributed by atoms with Gasteiger partial charge in [0.15, 0.2) is 0 Å². The van der Waals surface area contributed by atoms with Crippen LogP contribution in [-0.4, -0.2) is 36.0 Å². The highest BCUT2D eigenvalue weighted by Crippen LogP contribution is 2.38. The first kappa shape index (κ1) is 25.5. The van der Waals surface area contributed by atoms with Crippen molar-refractivity contribution in [2.75, 3.05) is 19.6 Å². The normalized spacial score (nSPS) is 21.0. The molecule has 1 aliphatic rings. The second-order valence-electron chi connectivity index (χ2n) is 9.16. The summed E-state index contributed by atoms with van der Waals surface area (Å²) < 4.78 is 1.86. The van der Waals surface area contributed by atoms with Crippen LogP contribution in [0.2, 0.25) is 0 Å². The fraction of sp³-hybridized carbons (Fsp3) is 0.519. The van der Waals surface area contributed by atoms with Crippen molar-refractivity contribution in [3.05, 3.63) is 68.6 Å². The molecule has 3 nitrogen and oxygen atoms in total. The second kappa shape index (κ2) is 12.3. The number of halogens is 2. The van der Waals surface area contributed by atoms with Gasteiger partial charge < -0.3 is 5.32 Å². The predicted octanol–water partition coefficient (Wildman–Crippen LogP) is 7.24. The van der Waals surface area contributed by atoms with Crippen LogP contribution in [-0.2, 0) is 6.42 Å². The summed E-state index contributed by atoms with van der Waals surface area (Å²) in [5.74, 6) is 0.741. The summed E-state index contributed by atoms with van der Waals surface area (Å²) in [6, 6.07) is 16.6. The van der Waals surface area contributed by atoms with E-state index in [0.717, 1.165) is 66.6 Å². The fourth-order valence-corrected chi connectivity index (χ4v) is 5.71. The Kier molecular flexibility index (Phi) is 9.81. The van der Waals surface area contributed by atoms with Crippen LogP contribution in [0, 0.1) is 5.92 Å². The average molecular weight is 564 g/mol. The van der Waals surface area contributed by atoms with E-state index < -0.39 is 0 Å². The van der Waals surface area contributed by atoms with E-state index in [9.17, 15) is 4.79 Å². The van der Waals surface area contributed by atoms with Crippen LogP contribution >= 0.6 is 31.9 Å². The van der Waals surface area contributed by atoms with Crippen LogP contribution in [0.1, 0.15) is 68.3 Å². The number of amides is 1. The van der Waals surface area contributed by atoms with Gasteiger partial charge in [0, 0.05) is 26.6 Å². The van der Waals surface area contributed by atoms with Gasteiger partial charge >= 0.3 is 0 Å². The van der Waals surface area contributed by atoms with Crippen molar-refractivity contribution < 1.29 is 4.79 Å². The van der Waals surface area contributed by atoms with Crippen LogP contribution in [0.5, 0.6) is 0 Å². The Morgan fingerprint density at radius 2 is 1.66 bits per heavy atom. The van der Waals surface area contributed by atoms with Gasteiger partial charge in [-0.1, -0.05) is 44.2 Å². The Hall–Kier alpha value is -1.17. The van der Waals surface area contributed by atoms with Crippen molar-refractivity contribution in [1.29, 1.82) is 0 Å². The zero-order valence-electron chi connectivity index (χ0n) is 19.4. The summed E-state index contributed by atoms with van der Waals surface area (Å²) >= 11 is 7.00. The van der Waals surface area contributed by atoms with Gasteiger partial charge in [-0.15, -0.1) is 0 Å². The number of nitrogens with zero attached hydrogens (tertiary/aromatic N) is 1. The summed E-state index contributed by atoms with van der Waals surface area (Å²) in [7, 11) is 0. The number of benzene rings is 2. The molecule has 0 heterocycles. The van der Waals surface area contributed by atoms with Gasteiger partial charge in [0.05, 0.1) is 0 Å². The summed E-state index contributed by atoms with van der Waals surface area (Å²) in [6.07, 6.45) is 8.18. The Balaban J connectivity index is 1.70. The van der Waals surface area contributed by atoms with E-state index in [2.05, 4.69) is 86.3 Å². The largest absolute Gasteiger partial charge is 0.350 e. The smallest absolute Gasteiger partial charge is 0.251 e. The molecule has 1 fully saturated rings. The van der Waals surface area contributed by atoms with E-state index in [0.29, 0.717) is 5.56 Å². The van der Waals surface area contributed by atoms with Gasteiger partial charge in [0.1, 0.15) is 0 Å². The zero-order chi connectivity index (χ0) is 23.0. The maximum absolute atomic E-state index is 13.0. The number of hydrogen-bond donors (Lipinski definition) is 1. The molecule has 0 radical (unpaired) electrons. The number of carbonyl (C=O) groups excluding carboxylic acids is 1. The van der Waals surface area contributed by atoms with Crippen molar-refractivity contribution in [2.45, 2.75) is 64.3 Å². The molecule has 0 unspecified atom stereocenters. The molecule has 1 aliphatic carbocycles. The van der Waals surface area contributed by atoms with E-state index in [1.54, 1.807) is 0 Å². The molecule has 3 rings (SSSR count). The first-order valence-electron chi connectivity index (χ1n) is 12.0. The van der Waals surface area contributed by atoms with Crippen molar-refractivity contribution in [2.24, 2.45) is 5.92 Å². The van der Waals surface area contributed by atoms with Crippen LogP contribution in [0.3, 0.4) is 0 Å². The molecule has 0 aliphatic heterocycles. The molecule has 174 valence electrons. The highest BCUT2D eigenvalue weighted by Gasteiger charge is 2.40. The van der Waals surface area contributed by atoms with Gasteiger partial charge in [-0.2, -0.15) is 0 Å². The van der Waals surface area contributed by atoms with E-state index in [-0.39, 0.29) is 11.4 Å². The lowest BCUT2D eigenvalue weighted by Gasteiger charge is -2.48. The third kappa shape index (κ3) is 6.68. The minimum Gasteiger partial charge on any atom is -0.350 e. The van der Waals surface area contributed by atoms with Crippen LogP contribution in [0.4, 0.5) is 0 Å². The number of carbonyl (C=O) groups is 1. The second-order valence-corrected chi connectivity index (χ2v) is 10.9. The molecule has 0 spiro atoms. The first-order valence-corrected chi connectivity index (χ1v) is 13.6. The Labute approximate surface area is 210 Å². The number of hydrogen-bond acceptors (Lipinski definition) is 2. The summed E-state index contributed by atoms with van der Waals surface area (Å²) in [5.41, 5.74) is 2.20. The fourth-order valence-electron chi connectivity index (χ4n) is 5.08. The lowest BCUT2D eigenvalue weighted by atomic mass is 9.73. The Morgan fingerprint density at radius 3 is 2.25 bits per heavy atom. The summed E-state index contributed by atoms with van der Waals surface area (Å²) in [5, 5.41) is 3.30. The van der Waals surface area contributed by atoms with Gasteiger partial charge in [-0.25, -0.2) is 0 Å². The van der Waals surface area contributed by atoms with Gasteiger partial charge in [0.25, 0.3) is 5.91 Å². The van der Waals surface area contributed by atoms with Crippen LogP contribution in [0.15, 0.2) is 57.5 Å². The minimum atomic E-state index is 0.0110. The molecule has 1 N–H and O–H groups in total. The SMILES string of the molecule is CCCN(CCC)C1(CNC(=O)c2ccc(Br)c(Br)c2)CCC(Cc2ccccc2)CC1. The number of rotatable bonds is 10. The molecule has 2 aromatic carbocycles. The van der Waals surface area contributed by atoms with Crippen molar-refractivity contribution in [1.82, 2.24) is 10.2 Å². The summed E-state index contributed by atoms with van der Waals surface area (Å²) in [6.45, 7) is 7.43. The molecule has 2 aromatic rings. The minimum absolute atomic E-state index is 0.0110. The standard InChI is InChI=1S/C27H36Br2N2O/c1-3-16-31(17-4-2)27(20-30-26(32)23-10-11-24(28)25(29)19-23)14-12-22(13-15-27)18-21-8-6-5-7-9-21/h5-11,19,22H,3-4,12-18,20H2,1-2H3,(H,30,32). The first-order chi connectivity index (χ1) is 15.5. The molecule has 0 bridgehead atoms. The highest BCUT2D eigenvalue weighted by atomic mass is 79.9. The van der Waals surface area contributed by atoms with E-state index in [1.165, 1.54) is 18.4 Å². The third-order valence-electron chi connectivity index (χ3n) is 6.82. The van der Waals surface area contributed by atoms with Gasteiger partial charge in [0.2, 0.25) is 0 Å². The maximum atomic E-state index is 13.0. The molecule has 0 aromatic heterocycles. The average Bonchev–Trinajstić information content (AvgIpc) is 2.81. The highest BCUT2D eigenvalue weighted by molar-refractivity contribution is 9.13. The summed E-state index contributed by atoms with van der Waals surface area (Å²) in [4.78, 5) is 15.6. The molecule has 0 saturated heterocycles. The lowest BCUT2D eigenvalue weighted by Crippen LogP contribution is -2.58. The molecule has 32 heavy (non-hydrogen) atoms. The molecule has 5 heteroatoms. The van der Waals surface area contributed by atoms with Crippen molar-refractivity contribution in [3.63, 3.8) is 0 Å². The Morgan fingerprint density at radius 1 is 1.00 bits per heavy atom. The van der Waals surface area contributed by atoms with E-state index in [1.807, 2.05) is 18.2 Å². The van der Waals surface area contributed by atoms with E-state index >= 15 is 0 Å². The molecule has 0 atom stereocenters.